The molecule has 1 aromatic heterocycles. The van der Waals surface area contributed by atoms with Crippen molar-refractivity contribution < 1.29 is 17.9 Å². The van der Waals surface area contributed by atoms with Crippen LogP contribution in [0, 0.1) is 0 Å². The van der Waals surface area contributed by atoms with Crippen LogP contribution in [0.25, 0.3) is 11.4 Å². The molecule has 1 aliphatic heterocycles. The smallest absolute Gasteiger partial charge is 0.323 e. The predicted octanol–water partition coefficient (Wildman–Crippen LogP) is 4.29. The number of nitrogens with one attached hydrogen (secondary N) is 2. The van der Waals surface area contributed by atoms with Gasteiger partial charge in [0.25, 0.3) is 0 Å². The lowest BCUT2D eigenvalue weighted by atomic mass is 10.1. The zero-order chi connectivity index (χ0) is 25.9. The largest absolute Gasteiger partial charge is 0.377 e. The molecule has 190 valence electrons. The normalized spacial score (nSPS) is 16.4. The fourth-order valence-corrected chi connectivity index (χ4v) is 4.28. The molecule has 0 spiro atoms. The van der Waals surface area contributed by atoms with Gasteiger partial charge in [0.2, 0.25) is 0 Å². The summed E-state index contributed by atoms with van der Waals surface area (Å²) in [7, 11) is -3.45. The van der Waals surface area contributed by atoms with Crippen molar-refractivity contribution in [3.05, 3.63) is 66.4 Å². The molecule has 4 rings (SSSR count). The Hall–Kier alpha value is -3.50. The zero-order valence-electron chi connectivity index (χ0n) is 20.9. The predicted molar refractivity (Wildman–Crippen MR) is 142 cm³/mol. The van der Waals surface area contributed by atoms with E-state index in [1.807, 2.05) is 25.1 Å². The summed E-state index contributed by atoms with van der Waals surface area (Å²) in [6.45, 7) is 7.13. The third-order valence-corrected chi connectivity index (χ3v) is 8.41. The molecule has 0 radical (unpaired) electrons. The SMILES string of the molecule is C[C@H]1COCCN1c1cc(C(C)(C)S(C)(=O)=O)nc(-c2ccc(NC(=O)Nc3ccccc3)cc2)n1. The first-order valence-electron chi connectivity index (χ1n) is 11.7. The number of urea groups is 1. The van der Waals surface area contributed by atoms with Crippen molar-refractivity contribution >= 4 is 33.1 Å². The molecule has 0 aliphatic carbocycles. The topological polar surface area (TPSA) is 114 Å². The first-order valence-corrected chi connectivity index (χ1v) is 13.6. The number of carbonyl (C=O) groups is 1. The number of anilines is 3. The quantitative estimate of drug-likeness (QED) is 0.509. The molecule has 1 saturated heterocycles. The number of hydrogen-bond donors (Lipinski definition) is 2. The van der Waals surface area contributed by atoms with Crippen LogP contribution in [0.4, 0.5) is 22.0 Å². The van der Waals surface area contributed by atoms with Gasteiger partial charge in [0, 0.05) is 35.8 Å². The Balaban J connectivity index is 1.64. The van der Waals surface area contributed by atoms with E-state index in [4.69, 9.17) is 9.72 Å². The van der Waals surface area contributed by atoms with Crippen LogP contribution in [0.15, 0.2) is 60.7 Å². The van der Waals surface area contributed by atoms with Crippen molar-refractivity contribution in [2.75, 3.05) is 41.5 Å². The summed E-state index contributed by atoms with van der Waals surface area (Å²) < 4.78 is 29.5. The van der Waals surface area contributed by atoms with Crippen LogP contribution in [0.1, 0.15) is 26.5 Å². The van der Waals surface area contributed by atoms with Crippen LogP contribution in [0.5, 0.6) is 0 Å². The van der Waals surface area contributed by atoms with Crippen LogP contribution < -0.4 is 15.5 Å². The van der Waals surface area contributed by atoms with Gasteiger partial charge in [-0.2, -0.15) is 0 Å². The molecule has 1 atom stereocenters. The van der Waals surface area contributed by atoms with E-state index in [2.05, 4.69) is 20.5 Å². The lowest BCUT2D eigenvalue weighted by Gasteiger charge is -2.35. The molecule has 2 amide bonds. The second kappa shape index (κ2) is 10.2. The van der Waals surface area contributed by atoms with Crippen molar-refractivity contribution in [3.8, 4) is 11.4 Å². The maximum Gasteiger partial charge on any atom is 0.323 e. The molecule has 10 heteroatoms. The van der Waals surface area contributed by atoms with Crippen LogP contribution >= 0.6 is 0 Å². The number of morpholine rings is 1. The molecule has 0 unspecified atom stereocenters. The van der Waals surface area contributed by atoms with Gasteiger partial charge in [0.1, 0.15) is 10.6 Å². The summed E-state index contributed by atoms with van der Waals surface area (Å²) in [4.78, 5) is 23.9. The molecular weight excluding hydrogens is 478 g/mol. The van der Waals surface area contributed by atoms with E-state index in [0.29, 0.717) is 54.0 Å². The van der Waals surface area contributed by atoms with Crippen LogP contribution in [0.2, 0.25) is 0 Å². The highest BCUT2D eigenvalue weighted by Crippen LogP contribution is 2.32. The van der Waals surface area contributed by atoms with Gasteiger partial charge in [-0.1, -0.05) is 18.2 Å². The first kappa shape index (κ1) is 25.6. The minimum atomic E-state index is -3.45. The van der Waals surface area contributed by atoms with E-state index in [9.17, 15) is 13.2 Å². The zero-order valence-corrected chi connectivity index (χ0v) is 21.7. The van der Waals surface area contributed by atoms with E-state index >= 15 is 0 Å². The third-order valence-electron chi connectivity index (χ3n) is 6.35. The highest BCUT2D eigenvalue weighted by molar-refractivity contribution is 7.91. The van der Waals surface area contributed by atoms with E-state index < -0.39 is 14.6 Å². The molecule has 0 bridgehead atoms. The van der Waals surface area contributed by atoms with Crippen LogP contribution in [0.3, 0.4) is 0 Å². The molecule has 2 heterocycles. The first-order chi connectivity index (χ1) is 17.0. The molecule has 3 aromatic rings. The maximum atomic E-state index is 12.6. The van der Waals surface area contributed by atoms with E-state index in [1.165, 1.54) is 6.26 Å². The van der Waals surface area contributed by atoms with Crippen molar-refractivity contribution in [2.24, 2.45) is 0 Å². The number of hydrogen-bond acceptors (Lipinski definition) is 7. The average molecular weight is 510 g/mol. The van der Waals surface area contributed by atoms with Crippen LogP contribution in [-0.2, 0) is 19.3 Å². The molecule has 36 heavy (non-hydrogen) atoms. The number of amides is 2. The van der Waals surface area contributed by atoms with Crippen molar-refractivity contribution in [2.45, 2.75) is 31.6 Å². The number of para-hydroxylation sites is 1. The number of sulfone groups is 1. The summed E-state index contributed by atoms with van der Waals surface area (Å²) in [6.07, 6.45) is 1.22. The van der Waals surface area contributed by atoms with Crippen molar-refractivity contribution in [3.63, 3.8) is 0 Å². The van der Waals surface area contributed by atoms with Gasteiger partial charge in [-0.25, -0.2) is 23.2 Å². The second-order valence-electron chi connectivity index (χ2n) is 9.36. The summed E-state index contributed by atoms with van der Waals surface area (Å²) in [5.41, 5.74) is 2.42. The minimum Gasteiger partial charge on any atom is -0.377 e. The third kappa shape index (κ3) is 5.66. The summed E-state index contributed by atoms with van der Waals surface area (Å²) in [5, 5.41) is 5.58. The van der Waals surface area contributed by atoms with E-state index in [-0.39, 0.29) is 12.1 Å². The Labute approximate surface area is 211 Å². The molecule has 0 saturated carbocycles. The monoisotopic (exact) mass is 509 g/mol. The fraction of sp³-hybridized carbons (Fsp3) is 0.346. The van der Waals surface area contributed by atoms with Gasteiger partial charge in [-0.3, -0.25) is 0 Å². The summed E-state index contributed by atoms with van der Waals surface area (Å²) in [6, 6.07) is 17.8. The Morgan fingerprint density at radius 1 is 1.03 bits per heavy atom. The van der Waals surface area contributed by atoms with E-state index in [0.717, 1.165) is 0 Å². The number of benzene rings is 2. The van der Waals surface area contributed by atoms with Gasteiger partial charge in [0.15, 0.2) is 15.7 Å². The maximum absolute atomic E-state index is 12.6. The molecular formula is C26H31N5O4S. The van der Waals surface area contributed by atoms with Crippen molar-refractivity contribution in [1.29, 1.82) is 0 Å². The van der Waals surface area contributed by atoms with Gasteiger partial charge in [-0.05, 0) is 57.2 Å². The lowest BCUT2D eigenvalue weighted by molar-refractivity contribution is 0.0985. The Bertz CT molecular complexity index is 1330. The molecule has 1 aliphatic rings. The average Bonchev–Trinajstić information content (AvgIpc) is 2.84. The standard InChI is InChI=1S/C26H31N5O4S/c1-18-17-35-15-14-31(18)23-16-22(26(2,3)36(4,33)34)29-24(30-23)19-10-12-21(13-11-19)28-25(32)27-20-8-6-5-7-9-20/h5-13,16,18H,14-15,17H2,1-4H3,(H2,27,28,32)/t18-/m0/s1. The highest BCUT2D eigenvalue weighted by Gasteiger charge is 2.35. The summed E-state index contributed by atoms with van der Waals surface area (Å²) >= 11 is 0. The van der Waals surface area contributed by atoms with E-state index in [1.54, 1.807) is 56.3 Å². The Morgan fingerprint density at radius 3 is 2.28 bits per heavy atom. The number of carbonyl (C=O) groups excluding carboxylic acids is 1. The molecule has 1 fully saturated rings. The second-order valence-corrected chi connectivity index (χ2v) is 11.9. The van der Waals surface area contributed by atoms with Gasteiger partial charge in [-0.15, -0.1) is 0 Å². The highest BCUT2D eigenvalue weighted by atomic mass is 32.2. The van der Waals surface area contributed by atoms with Gasteiger partial charge >= 0.3 is 6.03 Å². The van der Waals surface area contributed by atoms with Gasteiger partial charge in [0.05, 0.1) is 24.9 Å². The lowest BCUT2D eigenvalue weighted by Crippen LogP contribution is -2.44. The fourth-order valence-electron chi connectivity index (χ4n) is 3.79. The molecule has 9 nitrogen and oxygen atoms in total. The van der Waals surface area contributed by atoms with Gasteiger partial charge < -0.3 is 20.3 Å². The Morgan fingerprint density at radius 2 is 1.67 bits per heavy atom. The van der Waals surface area contributed by atoms with Crippen LogP contribution in [-0.4, -0.2) is 56.5 Å². The van der Waals surface area contributed by atoms with Crippen molar-refractivity contribution in [1.82, 2.24) is 9.97 Å². The number of ether oxygens (including phenoxy) is 1. The summed E-state index contributed by atoms with van der Waals surface area (Å²) in [5.74, 6) is 1.07. The number of aromatic nitrogens is 2. The Kier molecular flexibility index (Phi) is 7.28. The molecule has 2 N–H and O–H groups in total. The molecule has 2 aromatic carbocycles. The number of rotatable bonds is 6. The minimum absolute atomic E-state index is 0.0883. The number of nitrogens with zero attached hydrogens (tertiary/aromatic N) is 3.